The molecule has 2 heterocycles. The summed E-state index contributed by atoms with van der Waals surface area (Å²) in [6.07, 6.45) is 5.37. The molecule has 2 aliphatic rings. The molecule has 0 atom stereocenters. The third-order valence-electron chi connectivity index (χ3n) is 8.02. The number of aryl methyl sites for hydroxylation is 1. The largest absolute Gasteiger partial charge is 0.453 e. The Labute approximate surface area is 255 Å². The van der Waals surface area contributed by atoms with Crippen LogP contribution in [-0.4, -0.2) is 52.9 Å². The maximum atomic E-state index is 14.9. The van der Waals surface area contributed by atoms with Crippen molar-refractivity contribution >= 4 is 32.7 Å². The Kier molecular flexibility index (Phi) is 8.83. The predicted octanol–water partition coefficient (Wildman–Crippen LogP) is 5.53. The Bertz CT molecular complexity index is 1770. The first-order chi connectivity index (χ1) is 20.8. The number of nitriles is 1. The number of carbonyl (C=O) groups is 1. The van der Waals surface area contributed by atoms with Crippen LogP contribution in [-0.2, 0) is 21.3 Å². The number of piperidine rings is 1. The second kappa shape index (κ2) is 12.4. The summed E-state index contributed by atoms with van der Waals surface area (Å²) < 4.78 is 55.3. The van der Waals surface area contributed by atoms with Gasteiger partial charge in [0.1, 0.15) is 23.0 Å². The highest BCUT2D eigenvalue weighted by atomic mass is 32.2. The fourth-order valence-corrected chi connectivity index (χ4v) is 6.90. The van der Waals surface area contributed by atoms with Gasteiger partial charge in [-0.15, -0.1) is 0 Å². The maximum absolute atomic E-state index is 14.9. The molecule has 44 heavy (non-hydrogen) atoms. The molecule has 234 valence electrons. The Morgan fingerprint density at radius 1 is 1.16 bits per heavy atom. The molecule has 1 aliphatic carbocycles. The number of benzene rings is 2. The fraction of sp³-hybridized carbons (Fsp3) is 0.484. The Morgan fingerprint density at radius 3 is 2.52 bits per heavy atom. The van der Waals surface area contributed by atoms with E-state index in [0.717, 1.165) is 31.7 Å². The molecule has 1 aliphatic heterocycles. The number of carbonyl (C=O) groups excluding carboxylic acids is 1. The molecular formula is C31H36FN5O6S. The van der Waals surface area contributed by atoms with E-state index < -0.39 is 32.4 Å². The lowest BCUT2D eigenvalue weighted by Crippen LogP contribution is -2.41. The van der Waals surface area contributed by atoms with Crippen molar-refractivity contribution in [2.75, 3.05) is 17.8 Å². The number of nitrogens with zero attached hydrogens (tertiary/aromatic N) is 4. The standard InChI is InChI=1S/C31H36FN5O6S/c1-31(2,3)43-30(39)36-14-11-20(12-15-36)13-16-37-19-34-26-9-7-21(17-23(26)29(37)38)42-28-24(18-33)27(10-8-25(28)32)35-44(40,41)22-5-4-6-22/h7-10,17,19-20,22,35H,4-6,11-16H2,1-3H3. The summed E-state index contributed by atoms with van der Waals surface area (Å²) in [5.74, 6) is -0.873. The second-order valence-corrected chi connectivity index (χ2v) is 14.3. The Morgan fingerprint density at radius 2 is 1.89 bits per heavy atom. The first kappa shape index (κ1) is 31.3. The van der Waals surface area contributed by atoms with Gasteiger partial charge in [-0.25, -0.2) is 22.6 Å². The fourth-order valence-electron chi connectivity index (χ4n) is 5.30. The summed E-state index contributed by atoms with van der Waals surface area (Å²) in [6, 6.07) is 8.58. The van der Waals surface area contributed by atoms with Crippen molar-refractivity contribution < 1.29 is 27.1 Å². The van der Waals surface area contributed by atoms with Crippen molar-refractivity contribution in [2.45, 2.75) is 76.7 Å². The van der Waals surface area contributed by atoms with Gasteiger partial charge in [-0.2, -0.15) is 5.26 Å². The average molecular weight is 626 g/mol. The number of hydrogen-bond acceptors (Lipinski definition) is 8. The number of nitrogens with one attached hydrogen (secondary N) is 1. The number of hydrogen-bond donors (Lipinski definition) is 1. The lowest BCUT2D eigenvalue weighted by atomic mass is 9.94. The van der Waals surface area contributed by atoms with Crippen molar-refractivity contribution in [1.82, 2.24) is 14.5 Å². The minimum Gasteiger partial charge on any atom is -0.453 e. The van der Waals surface area contributed by atoms with Gasteiger partial charge in [-0.05, 0) is 89.1 Å². The van der Waals surface area contributed by atoms with Crippen LogP contribution in [0.5, 0.6) is 11.5 Å². The minimum atomic E-state index is -3.73. The molecule has 1 aromatic heterocycles. The molecule has 11 nitrogen and oxygen atoms in total. The van der Waals surface area contributed by atoms with Gasteiger partial charge in [0, 0.05) is 19.6 Å². The van der Waals surface area contributed by atoms with Gasteiger partial charge < -0.3 is 14.4 Å². The molecule has 3 aromatic rings. The monoisotopic (exact) mass is 625 g/mol. The highest BCUT2D eigenvalue weighted by Crippen LogP contribution is 2.36. The van der Waals surface area contributed by atoms with E-state index in [1.165, 1.54) is 29.1 Å². The number of halogens is 1. The smallest absolute Gasteiger partial charge is 0.410 e. The number of sulfonamides is 1. The van der Waals surface area contributed by atoms with Crippen LogP contribution in [0.3, 0.4) is 0 Å². The number of rotatable bonds is 8. The van der Waals surface area contributed by atoms with Crippen molar-refractivity contribution in [1.29, 1.82) is 5.26 Å². The lowest BCUT2D eigenvalue weighted by molar-refractivity contribution is 0.0179. The quantitative estimate of drug-likeness (QED) is 0.344. The molecule has 5 rings (SSSR count). The molecule has 1 N–H and O–H groups in total. The third-order valence-corrected chi connectivity index (χ3v) is 9.88. The van der Waals surface area contributed by atoms with Gasteiger partial charge in [-0.1, -0.05) is 6.42 Å². The summed E-state index contributed by atoms with van der Waals surface area (Å²) in [6.45, 7) is 7.13. The first-order valence-corrected chi connectivity index (χ1v) is 16.3. The van der Waals surface area contributed by atoms with Gasteiger partial charge in [0.15, 0.2) is 11.6 Å². The normalized spacial score (nSPS) is 16.3. The van der Waals surface area contributed by atoms with E-state index in [1.807, 2.05) is 26.8 Å². The highest BCUT2D eigenvalue weighted by Gasteiger charge is 2.32. The summed E-state index contributed by atoms with van der Waals surface area (Å²) in [4.78, 5) is 31.8. The van der Waals surface area contributed by atoms with E-state index in [9.17, 15) is 27.7 Å². The van der Waals surface area contributed by atoms with Crippen molar-refractivity contribution in [2.24, 2.45) is 5.92 Å². The molecular weight excluding hydrogens is 589 g/mol. The third kappa shape index (κ3) is 6.96. The molecule has 0 radical (unpaired) electrons. The molecule has 2 fully saturated rings. The van der Waals surface area contributed by atoms with Gasteiger partial charge in [-0.3, -0.25) is 14.1 Å². The van der Waals surface area contributed by atoms with E-state index in [1.54, 1.807) is 11.0 Å². The van der Waals surface area contributed by atoms with E-state index in [2.05, 4.69) is 9.71 Å². The van der Waals surface area contributed by atoms with Gasteiger partial charge >= 0.3 is 6.09 Å². The van der Waals surface area contributed by atoms with Crippen LogP contribution >= 0.6 is 0 Å². The summed E-state index contributed by atoms with van der Waals surface area (Å²) in [7, 11) is -3.73. The Hall–Kier alpha value is -4.18. The Balaban J connectivity index is 1.29. The number of amides is 1. The van der Waals surface area contributed by atoms with Gasteiger partial charge in [0.2, 0.25) is 10.0 Å². The SMILES string of the molecule is CC(C)(C)OC(=O)N1CCC(CCn2cnc3ccc(Oc4c(F)ccc(NS(=O)(=O)C5CCC5)c4C#N)cc3c2=O)CC1. The first-order valence-electron chi connectivity index (χ1n) is 14.7. The van der Waals surface area contributed by atoms with Crippen LogP contribution in [0.2, 0.25) is 0 Å². The van der Waals surface area contributed by atoms with Gasteiger partial charge in [0.05, 0.1) is 28.2 Å². The van der Waals surface area contributed by atoms with Crippen molar-refractivity contribution in [3.8, 4) is 17.6 Å². The summed E-state index contributed by atoms with van der Waals surface area (Å²) in [5.41, 5.74) is -0.789. The van der Waals surface area contributed by atoms with Crippen LogP contribution < -0.4 is 15.0 Å². The zero-order valence-corrected chi connectivity index (χ0v) is 25.8. The highest BCUT2D eigenvalue weighted by molar-refractivity contribution is 7.93. The number of fused-ring (bicyclic) bond motifs is 1. The topological polar surface area (TPSA) is 144 Å². The summed E-state index contributed by atoms with van der Waals surface area (Å²) >= 11 is 0. The number of anilines is 1. The molecule has 0 bridgehead atoms. The lowest BCUT2D eigenvalue weighted by Gasteiger charge is -2.33. The van der Waals surface area contributed by atoms with Crippen LogP contribution in [0.1, 0.15) is 64.9 Å². The zero-order chi connectivity index (χ0) is 31.6. The van der Waals surface area contributed by atoms with Crippen molar-refractivity contribution in [3.05, 3.63) is 58.4 Å². The number of ether oxygens (including phenoxy) is 2. The molecule has 0 spiro atoms. The predicted molar refractivity (Wildman–Crippen MR) is 163 cm³/mol. The van der Waals surface area contributed by atoms with Crippen molar-refractivity contribution in [3.63, 3.8) is 0 Å². The maximum Gasteiger partial charge on any atom is 0.410 e. The molecule has 1 amide bonds. The van der Waals surface area contributed by atoms with E-state index in [-0.39, 0.29) is 34.0 Å². The zero-order valence-electron chi connectivity index (χ0n) is 25.0. The van der Waals surface area contributed by atoms with Crippen LogP contribution in [0, 0.1) is 23.1 Å². The van der Waals surface area contributed by atoms with E-state index >= 15 is 0 Å². The average Bonchev–Trinajstić information content (AvgIpc) is 2.93. The molecule has 1 saturated heterocycles. The molecule has 0 unspecified atom stereocenters. The minimum absolute atomic E-state index is 0.0717. The van der Waals surface area contributed by atoms with E-state index in [4.69, 9.17) is 9.47 Å². The van der Waals surface area contributed by atoms with Crippen LogP contribution in [0.4, 0.5) is 14.9 Å². The van der Waals surface area contributed by atoms with Crippen LogP contribution in [0.15, 0.2) is 41.5 Å². The number of likely N-dealkylation sites (tertiary alicyclic amines) is 1. The molecule has 1 saturated carbocycles. The second-order valence-electron chi connectivity index (χ2n) is 12.3. The molecule has 2 aromatic carbocycles. The van der Waals surface area contributed by atoms with E-state index in [0.29, 0.717) is 43.9 Å². The number of aromatic nitrogens is 2. The van der Waals surface area contributed by atoms with Crippen LogP contribution in [0.25, 0.3) is 10.9 Å². The molecule has 13 heteroatoms. The van der Waals surface area contributed by atoms with Gasteiger partial charge in [0.25, 0.3) is 5.56 Å². The summed E-state index contributed by atoms with van der Waals surface area (Å²) in [5, 5.41) is 9.50.